The molecule has 0 aromatic rings. The summed E-state index contributed by atoms with van der Waals surface area (Å²) in [6.07, 6.45) is -5.27. The van der Waals surface area contributed by atoms with Gasteiger partial charge in [-0.25, -0.2) is 0 Å². The Bertz CT molecular complexity index is 305. The van der Waals surface area contributed by atoms with Crippen LogP contribution in [0.25, 0.3) is 0 Å². The van der Waals surface area contributed by atoms with Crippen molar-refractivity contribution in [2.24, 2.45) is 0 Å². The third kappa shape index (κ3) is 4.66. The summed E-state index contributed by atoms with van der Waals surface area (Å²) in [7, 11) is 0. The van der Waals surface area contributed by atoms with Gasteiger partial charge in [-0.3, -0.25) is 0 Å². The number of aliphatic hydroxyl groups is 4. The van der Waals surface area contributed by atoms with Crippen molar-refractivity contribution in [1.29, 1.82) is 0 Å². The Labute approximate surface area is 108 Å². The van der Waals surface area contributed by atoms with Crippen LogP contribution in [0.2, 0.25) is 16.6 Å². The minimum atomic E-state index is -2.99. The molecule has 1 rings (SSSR count). The molecule has 1 unspecified atom stereocenters. The van der Waals surface area contributed by atoms with Gasteiger partial charge in [-0.2, -0.15) is 0 Å². The van der Waals surface area contributed by atoms with E-state index >= 15 is 0 Å². The van der Waals surface area contributed by atoms with Crippen molar-refractivity contribution < 1.29 is 33.6 Å². The normalized spacial score (nSPS) is 34.8. The summed E-state index contributed by atoms with van der Waals surface area (Å²) in [5, 5.41) is 37.3. The van der Waals surface area contributed by atoms with E-state index in [-0.39, 0.29) is 11.8 Å². The van der Waals surface area contributed by atoms with Gasteiger partial charge in [0.25, 0.3) is 0 Å². The van der Waals surface area contributed by atoms with Crippen LogP contribution in [-0.2, 0) is 13.2 Å². The number of aliphatic hydroxyl groups excluding tert-OH is 4. The predicted octanol–water partition coefficient (Wildman–Crippen LogP) is -1.56. The van der Waals surface area contributed by atoms with Crippen molar-refractivity contribution in [2.75, 3.05) is 13.2 Å². The molecule has 1 saturated heterocycles. The van der Waals surface area contributed by atoms with E-state index in [2.05, 4.69) is 0 Å². The standard InChI is InChI=1S/C10H21AsO7/c1-11(2,16)3-7-8(14)9(15)10(18-7)17-5-6(13)4-12/h6-10,12-15H,3-5H2,1-2H3/t6-,7-,8+,9?,10-/m1/s1. The Morgan fingerprint density at radius 2 is 1.94 bits per heavy atom. The molecule has 0 spiro atoms. The van der Waals surface area contributed by atoms with Crippen LogP contribution in [0.3, 0.4) is 0 Å². The van der Waals surface area contributed by atoms with Crippen LogP contribution < -0.4 is 0 Å². The van der Waals surface area contributed by atoms with Crippen molar-refractivity contribution in [3.63, 3.8) is 0 Å². The summed E-state index contributed by atoms with van der Waals surface area (Å²) in [6.45, 7) is -0.671. The molecule has 18 heavy (non-hydrogen) atoms. The Morgan fingerprint density at radius 3 is 2.44 bits per heavy atom. The van der Waals surface area contributed by atoms with Crippen LogP contribution in [0.1, 0.15) is 0 Å². The SMILES string of the molecule is C[As](C)(=O)C[C@H]1O[C@@H](OC[C@H](O)CO)C(O)[C@H]1O. The van der Waals surface area contributed by atoms with Crippen molar-refractivity contribution >= 4 is 13.5 Å². The zero-order valence-corrected chi connectivity index (χ0v) is 12.3. The molecule has 1 heterocycles. The van der Waals surface area contributed by atoms with Crippen LogP contribution in [0.4, 0.5) is 0 Å². The molecule has 0 radical (unpaired) electrons. The molecule has 108 valence electrons. The number of hydrogen-bond donors (Lipinski definition) is 4. The van der Waals surface area contributed by atoms with E-state index < -0.39 is 50.8 Å². The van der Waals surface area contributed by atoms with Gasteiger partial charge in [0.1, 0.15) is 0 Å². The molecule has 8 heteroatoms. The molecule has 5 atom stereocenters. The first-order valence-corrected chi connectivity index (χ1v) is 11.6. The Hall–Kier alpha value is 0.118. The van der Waals surface area contributed by atoms with Gasteiger partial charge in [0, 0.05) is 0 Å². The fourth-order valence-corrected chi connectivity index (χ4v) is 4.15. The van der Waals surface area contributed by atoms with Crippen LogP contribution in [0.15, 0.2) is 0 Å². The van der Waals surface area contributed by atoms with Gasteiger partial charge in [-0.15, -0.1) is 0 Å². The van der Waals surface area contributed by atoms with Crippen molar-refractivity contribution in [1.82, 2.24) is 0 Å². The molecule has 1 aliphatic rings. The van der Waals surface area contributed by atoms with Gasteiger partial charge >= 0.3 is 108 Å². The summed E-state index contributed by atoms with van der Waals surface area (Å²) in [4.78, 5) is 0. The average Bonchev–Trinajstić information content (AvgIpc) is 2.52. The van der Waals surface area contributed by atoms with Crippen LogP contribution in [0.5, 0.6) is 0 Å². The van der Waals surface area contributed by atoms with E-state index in [1.807, 2.05) is 0 Å². The second kappa shape index (κ2) is 6.52. The molecule has 0 aromatic heterocycles. The molecular weight excluding hydrogens is 307 g/mol. The summed E-state index contributed by atoms with van der Waals surface area (Å²) >= 11 is -2.99. The van der Waals surface area contributed by atoms with E-state index in [1.54, 1.807) is 11.4 Å². The van der Waals surface area contributed by atoms with Gasteiger partial charge in [0.05, 0.1) is 0 Å². The number of ether oxygens (including phenoxy) is 2. The number of hydrogen-bond acceptors (Lipinski definition) is 7. The maximum absolute atomic E-state index is 11.7. The monoisotopic (exact) mass is 328 g/mol. The van der Waals surface area contributed by atoms with E-state index in [9.17, 15) is 14.0 Å². The molecular formula is C10H21AsO7. The zero-order chi connectivity index (χ0) is 13.9. The maximum atomic E-state index is 11.7. The van der Waals surface area contributed by atoms with E-state index in [0.717, 1.165) is 0 Å². The second-order valence-corrected chi connectivity index (χ2v) is 12.3. The first-order chi connectivity index (χ1) is 8.24. The number of rotatable bonds is 6. The van der Waals surface area contributed by atoms with Crippen molar-refractivity contribution in [3.05, 3.63) is 0 Å². The van der Waals surface area contributed by atoms with Crippen molar-refractivity contribution in [2.45, 2.75) is 47.3 Å². The molecule has 0 bridgehead atoms. The van der Waals surface area contributed by atoms with Gasteiger partial charge in [-0.05, 0) is 0 Å². The quantitative estimate of drug-likeness (QED) is 0.436. The fourth-order valence-electron chi connectivity index (χ4n) is 1.70. The van der Waals surface area contributed by atoms with Crippen LogP contribution in [0, 0.1) is 0 Å². The fraction of sp³-hybridized carbons (Fsp3) is 1.00. The third-order valence-corrected chi connectivity index (χ3v) is 5.20. The molecule has 0 aliphatic carbocycles. The van der Waals surface area contributed by atoms with Crippen molar-refractivity contribution in [3.8, 4) is 0 Å². The van der Waals surface area contributed by atoms with E-state index in [1.165, 1.54) is 0 Å². The van der Waals surface area contributed by atoms with E-state index in [0.29, 0.717) is 0 Å². The topological polar surface area (TPSA) is 116 Å². The Kier molecular flexibility index (Phi) is 5.86. The van der Waals surface area contributed by atoms with Gasteiger partial charge < -0.3 is 0 Å². The summed E-state index contributed by atoms with van der Waals surface area (Å²) in [5.74, 6) is 0. The molecule has 0 aromatic carbocycles. The average molecular weight is 328 g/mol. The van der Waals surface area contributed by atoms with E-state index in [4.69, 9.17) is 19.7 Å². The van der Waals surface area contributed by atoms with Gasteiger partial charge in [0.15, 0.2) is 0 Å². The van der Waals surface area contributed by atoms with Crippen LogP contribution in [-0.4, -0.2) is 77.8 Å². The van der Waals surface area contributed by atoms with Crippen LogP contribution >= 0.6 is 0 Å². The summed E-state index contributed by atoms with van der Waals surface area (Å²) in [5.41, 5.74) is 3.26. The predicted molar refractivity (Wildman–Crippen MR) is 62.7 cm³/mol. The zero-order valence-electron chi connectivity index (χ0n) is 10.5. The molecule has 1 fully saturated rings. The molecule has 7 nitrogen and oxygen atoms in total. The van der Waals surface area contributed by atoms with Gasteiger partial charge in [0.2, 0.25) is 0 Å². The molecule has 4 N–H and O–H groups in total. The molecule has 1 aliphatic heterocycles. The second-order valence-electron chi connectivity index (χ2n) is 4.95. The minimum absolute atomic E-state index is 0.207. The Balaban J connectivity index is 2.51. The van der Waals surface area contributed by atoms with Gasteiger partial charge in [-0.1, -0.05) is 0 Å². The summed E-state index contributed by atoms with van der Waals surface area (Å²) in [6, 6.07) is 0. The molecule has 0 saturated carbocycles. The first kappa shape index (κ1) is 16.2. The third-order valence-electron chi connectivity index (χ3n) is 2.60. The first-order valence-electron chi connectivity index (χ1n) is 5.70. The summed E-state index contributed by atoms with van der Waals surface area (Å²) < 4.78 is 22.1. The Morgan fingerprint density at radius 1 is 1.33 bits per heavy atom. The molecule has 0 amide bonds.